The molecule has 0 spiro atoms. The topological polar surface area (TPSA) is 84.3 Å². The van der Waals surface area contributed by atoms with Gasteiger partial charge in [0.2, 0.25) is 0 Å². The largest absolute Gasteiger partial charge is 0.490 e. The molecule has 1 saturated heterocycles. The van der Waals surface area contributed by atoms with E-state index in [-0.39, 0.29) is 30.7 Å². The molecule has 1 aliphatic heterocycles. The van der Waals surface area contributed by atoms with Gasteiger partial charge in [-0.25, -0.2) is 4.68 Å². The van der Waals surface area contributed by atoms with E-state index in [1.165, 1.54) is 0 Å². The van der Waals surface area contributed by atoms with E-state index in [0.29, 0.717) is 29.8 Å². The maximum atomic E-state index is 12.8. The molecule has 10 heteroatoms. The third kappa shape index (κ3) is 6.57. The fourth-order valence-electron chi connectivity index (χ4n) is 3.32. The van der Waals surface area contributed by atoms with Crippen LogP contribution in [-0.4, -0.2) is 66.1 Å². The molecule has 2 aromatic rings. The van der Waals surface area contributed by atoms with Gasteiger partial charge in [0.1, 0.15) is 12.4 Å². The van der Waals surface area contributed by atoms with Gasteiger partial charge in [0.15, 0.2) is 5.69 Å². The van der Waals surface area contributed by atoms with Gasteiger partial charge in [0.05, 0.1) is 17.4 Å². The highest BCUT2D eigenvalue weighted by Crippen LogP contribution is 2.27. The predicted molar refractivity (Wildman–Crippen MR) is 124 cm³/mol. The summed E-state index contributed by atoms with van der Waals surface area (Å²) in [5.74, 6) is 0.401. The van der Waals surface area contributed by atoms with Crippen molar-refractivity contribution in [3.63, 3.8) is 0 Å². The van der Waals surface area contributed by atoms with Gasteiger partial charge in [-0.3, -0.25) is 4.79 Å². The van der Waals surface area contributed by atoms with Gasteiger partial charge in [0.25, 0.3) is 5.91 Å². The van der Waals surface area contributed by atoms with Crippen molar-refractivity contribution in [3.8, 4) is 5.75 Å². The van der Waals surface area contributed by atoms with Crippen LogP contribution in [0.2, 0.25) is 0 Å². The van der Waals surface area contributed by atoms with Gasteiger partial charge in [-0.1, -0.05) is 11.3 Å². The molecule has 0 radical (unpaired) electrons. The van der Waals surface area contributed by atoms with E-state index in [2.05, 4.69) is 25.8 Å². The number of aryl methyl sites for hydroxylation is 1. The number of hydrogen-bond acceptors (Lipinski definition) is 6. The van der Waals surface area contributed by atoms with Crippen molar-refractivity contribution in [1.82, 2.24) is 25.2 Å². The van der Waals surface area contributed by atoms with Crippen LogP contribution in [0.1, 0.15) is 40.6 Å². The molecule has 0 saturated carbocycles. The molecule has 0 aliphatic carbocycles. The minimum atomic E-state index is -0.265. The number of benzene rings is 1. The number of carbonyl (C=O) groups excluding carboxylic acids is 1. The Hall–Kier alpha value is -1.87. The third-order valence-electron chi connectivity index (χ3n) is 4.98. The fraction of sp³-hybridized carbons (Fsp3) is 0.550. The number of amides is 1. The summed E-state index contributed by atoms with van der Waals surface area (Å²) >= 11 is 0. The summed E-state index contributed by atoms with van der Waals surface area (Å²) in [4.78, 5) is 14.9. The zero-order chi connectivity index (χ0) is 20.1. The number of anilines is 1. The second-order valence-electron chi connectivity index (χ2n) is 7.55. The second-order valence-corrected chi connectivity index (χ2v) is 7.55. The lowest BCUT2D eigenvalue weighted by Gasteiger charge is -2.23. The highest BCUT2D eigenvalue weighted by molar-refractivity contribution is 6.04. The predicted octanol–water partition coefficient (Wildman–Crippen LogP) is 2.86. The molecule has 0 atom stereocenters. The third-order valence-corrected chi connectivity index (χ3v) is 4.98. The monoisotopic (exact) mass is 458 g/mol. The summed E-state index contributed by atoms with van der Waals surface area (Å²) in [6.07, 6.45) is 1.99. The van der Waals surface area contributed by atoms with Crippen molar-refractivity contribution in [2.24, 2.45) is 0 Å². The van der Waals surface area contributed by atoms with Crippen LogP contribution < -0.4 is 15.4 Å². The molecule has 0 unspecified atom stereocenters. The number of ether oxygens (including phenoxy) is 1. The van der Waals surface area contributed by atoms with Crippen LogP contribution in [-0.2, 0) is 0 Å². The maximum absolute atomic E-state index is 12.8. The molecule has 1 aromatic heterocycles. The van der Waals surface area contributed by atoms with Crippen molar-refractivity contribution >= 4 is 36.4 Å². The lowest BCUT2D eigenvalue weighted by atomic mass is 10.1. The van der Waals surface area contributed by atoms with Crippen LogP contribution in [0.3, 0.4) is 0 Å². The molecular weight excluding hydrogens is 427 g/mol. The van der Waals surface area contributed by atoms with E-state index in [9.17, 15) is 4.79 Å². The van der Waals surface area contributed by atoms with E-state index in [0.717, 1.165) is 43.7 Å². The Bertz CT molecular complexity index is 822. The molecule has 1 aromatic carbocycles. The molecule has 2 heterocycles. The average molecular weight is 459 g/mol. The molecule has 30 heavy (non-hydrogen) atoms. The van der Waals surface area contributed by atoms with Crippen molar-refractivity contribution in [2.75, 3.05) is 45.7 Å². The minimum absolute atomic E-state index is 0. The number of carbonyl (C=O) groups is 1. The summed E-state index contributed by atoms with van der Waals surface area (Å²) in [6.45, 7) is 7.17. The van der Waals surface area contributed by atoms with Crippen LogP contribution in [0.25, 0.3) is 0 Å². The molecule has 1 fully saturated rings. The lowest BCUT2D eigenvalue weighted by Crippen LogP contribution is -2.30. The number of aromatic nitrogens is 3. The van der Waals surface area contributed by atoms with Crippen LogP contribution >= 0.6 is 24.8 Å². The van der Waals surface area contributed by atoms with Crippen LogP contribution in [0.4, 0.5) is 5.69 Å². The number of likely N-dealkylation sites (N-methyl/N-ethyl adjacent to an activating group) is 1. The number of nitrogens with zero attached hydrogens (tertiary/aromatic N) is 4. The van der Waals surface area contributed by atoms with Gasteiger partial charge in [0, 0.05) is 6.54 Å². The summed E-state index contributed by atoms with van der Waals surface area (Å²) < 4.78 is 7.78. The maximum Gasteiger partial charge on any atom is 0.278 e. The molecule has 1 aliphatic rings. The van der Waals surface area contributed by atoms with Crippen LogP contribution in [0.15, 0.2) is 18.2 Å². The smallest absolute Gasteiger partial charge is 0.278 e. The number of piperidine rings is 1. The summed E-state index contributed by atoms with van der Waals surface area (Å²) in [5.41, 5.74) is 2.88. The van der Waals surface area contributed by atoms with E-state index in [4.69, 9.17) is 4.74 Å². The molecule has 2 N–H and O–H groups in total. The van der Waals surface area contributed by atoms with E-state index in [1.54, 1.807) is 0 Å². The molecule has 8 nitrogen and oxygen atoms in total. The molecule has 3 rings (SSSR count). The Kier molecular flexibility index (Phi) is 10.6. The highest BCUT2D eigenvalue weighted by Gasteiger charge is 2.23. The first-order valence-corrected chi connectivity index (χ1v) is 9.77. The van der Waals surface area contributed by atoms with Crippen LogP contribution in [0, 0.1) is 13.8 Å². The van der Waals surface area contributed by atoms with Gasteiger partial charge < -0.3 is 20.3 Å². The summed E-state index contributed by atoms with van der Waals surface area (Å²) in [5, 5.41) is 14.7. The molecule has 0 bridgehead atoms. The number of hydrogen-bond donors (Lipinski definition) is 2. The number of nitrogens with one attached hydrogen (secondary N) is 2. The van der Waals surface area contributed by atoms with Gasteiger partial charge in [-0.15, -0.1) is 29.9 Å². The quantitative estimate of drug-likeness (QED) is 0.663. The van der Waals surface area contributed by atoms with Crippen molar-refractivity contribution in [1.29, 1.82) is 0 Å². The van der Waals surface area contributed by atoms with Crippen molar-refractivity contribution < 1.29 is 9.53 Å². The SMILES string of the molecule is Cc1ccc(NC(=O)c2nnn(C3CCNCC3)c2C)c(OCCN(C)C)c1.Cl.Cl. The Morgan fingerprint density at radius 2 is 1.97 bits per heavy atom. The van der Waals surface area contributed by atoms with E-state index < -0.39 is 0 Å². The first kappa shape index (κ1) is 26.2. The summed E-state index contributed by atoms with van der Waals surface area (Å²) in [6, 6.07) is 6.04. The second kappa shape index (κ2) is 12.1. The standard InChI is InChI=1S/C20H30N6O2.2ClH/c1-14-5-6-17(18(13-14)28-12-11-25(3)4)22-20(27)19-15(2)26(24-23-19)16-7-9-21-10-8-16;;/h5-6,13,16,21H,7-12H2,1-4H3,(H,22,27);2*1H. The Labute approximate surface area is 190 Å². The fourth-order valence-corrected chi connectivity index (χ4v) is 3.32. The molecule has 1 amide bonds. The number of rotatable bonds is 7. The van der Waals surface area contributed by atoms with Gasteiger partial charge in [-0.2, -0.15) is 0 Å². The van der Waals surface area contributed by atoms with Crippen LogP contribution in [0.5, 0.6) is 5.75 Å². The normalized spacial score (nSPS) is 14.0. The zero-order valence-corrected chi connectivity index (χ0v) is 19.6. The Morgan fingerprint density at radius 3 is 2.63 bits per heavy atom. The lowest BCUT2D eigenvalue weighted by molar-refractivity contribution is 0.102. The first-order valence-electron chi connectivity index (χ1n) is 9.77. The Morgan fingerprint density at radius 1 is 1.27 bits per heavy atom. The number of halogens is 2. The minimum Gasteiger partial charge on any atom is -0.490 e. The Balaban J connectivity index is 0.00000225. The van der Waals surface area contributed by atoms with Gasteiger partial charge in [-0.05, 0) is 71.6 Å². The van der Waals surface area contributed by atoms with E-state index >= 15 is 0 Å². The van der Waals surface area contributed by atoms with Crippen molar-refractivity contribution in [2.45, 2.75) is 32.7 Å². The van der Waals surface area contributed by atoms with E-state index in [1.807, 2.05) is 50.8 Å². The van der Waals surface area contributed by atoms with Gasteiger partial charge >= 0.3 is 0 Å². The molecular formula is C20H32Cl2N6O2. The van der Waals surface area contributed by atoms with Crippen molar-refractivity contribution in [3.05, 3.63) is 35.2 Å². The summed E-state index contributed by atoms with van der Waals surface area (Å²) in [7, 11) is 3.99. The average Bonchev–Trinajstić information content (AvgIpc) is 3.06. The molecule has 168 valence electrons. The first-order chi connectivity index (χ1) is 13.5. The highest BCUT2D eigenvalue weighted by atomic mass is 35.5. The zero-order valence-electron chi connectivity index (χ0n) is 18.0.